The fourth-order valence-electron chi connectivity index (χ4n) is 2.49. The molecule has 0 spiro atoms. The van der Waals surface area contributed by atoms with Crippen LogP contribution < -0.4 is 0 Å². The molecular weight excluding hydrogens is 332 g/mol. The monoisotopic (exact) mass is 347 g/mol. The van der Waals surface area contributed by atoms with Gasteiger partial charge in [0.1, 0.15) is 0 Å². The summed E-state index contributed by atoms with van der Waals surface area (Å²) >= 11 is 0. The first-order valence-corrected chi connectivity index (χ1v) is 8.71. The van der Waals surface area contributed by atoms with Crippen LogP contribution in [0.4, 0.5) is 8.78 Å². The maximum atomic E-state index is 13.3. The summed E-state index contributed by atoms with van der Waals surface area (Å²) in [6, 6.07) is 15.7. The van der Waals surface area contributed by atoms with E-state index < -0.39 is 21.7 Å². The molecule has 0 atom stereocenters. The standard InChI is InChI=1S/C18H15F2NO2S/c1-21(12-13-6-9-17(19)18(20)10-13)24(22,23)16-8-7-14-4-2-3-5-15(14)11-16/h2-11H,12H2,1H3. The van der Waals surface area contributed by atoms with Crippen molar-refractivity contribution in [2.75, 3.05) is 7.05 Å². The Hall–Kier alpha value is -2.31. The van der Waals surface area contributed by atoms with Crippen LogP contribution in [0.1, 0.15) is 5.56 Å². The molecule has 0 aliphatic carbocycles. The lowest BCUT2D eigenvalue weighted by molar-refractivity contribution is 0.462. The average molecular weight is 347 g/mol. The van der Waals surface area contributed by atoms with E-state index in [1.807, 2.05) is 24.3 Å². The van der Waals surface area contributed by atoms with Gasteiger partial charge < -0.3 is 0 Å². The molecule has 0 fully saturated rings. The van der Waals surface area contributed by atoms with Gasteiger partial charge in [-0.05, 0) is 40.6 Å². The summed E-state index contributed by atoms with van der Waals surface area (Å²) in [4.78, 5) is 0.159. The molecule has 0 aliphatic heterocycles. The molecule has 0 aliphatic rings. The van der Waals surface area contributed by atoms with Gasteiger partial charge in [-0.25, -0.2) is 17.2 Å². The highest BCUT2D eigenvalue weighted by molar-refractivity contribution is 7.89. The van der Waals surface area contributed by atoms with Crippen LogP contribution in [0.2, 0.25) is 0 Å². The van der Waals surface area contributed by atoms with Gasteiger partial charge >= 0.3 is 0 Å². The third kappa shape index (κ3) is 3.16. The largest absolute Gasteiger partial charge is 0.243 e. The minimum Gasteiger partial charge on any atom is -0.207 e. The molecule has 0 saturated heterocycles. The number of sulfonamides is 1. The molecule has 3 aromatic rings. The fourth-order valence-corrected chi connectivity index (χ4v) is 3.68. The first-order chi connectivity index (χ1) is 11.4. The van der Waals surface area contributed by atoms with Crippen LogP contribution in [-0.2, 0) is 16.6 Å². The van der Waals surface area contributed by atoms with Gasteiger partial charge in [0.2, 0.25) is 10.0 Å². The average Bonchev–Trinajstić information content (AvgIpc) is 2.57. The molecule has 0 amide bonds. The van der Waals surface area contributed by atoms with E-state index in [-0.39, 0.29) is 11.4 Å². The number of hydrogen-bond donors (Lipinski definition) is 0. The highest BCUT2D eigenvalue weighted by atomic mass is 32.2. The van der Waals surface area contributed by atoms with Crippen LogP contribution in [0.5, 0.6) is 0 Å². The van der Waals surface area contributed by atoms with Crippen molar-refractivity contribution in [1.29, 1.82) is 0 Å². The number of nitrogens with zero attached hydrogens (tertiary/aromatic N) is 1. The van der Waals surface area contributed by atoms with Crippen LogP contribution in [0.3, 0.4) is 0 Å². The summed E-state index contributed by atoms with van der Waals surface area (Å²) in [7, 11) is -2.33. The summed E-state index contributed by atoms with van der Waals surface area (Å²) < 4.78 is 52.8. The van der Waals surface area contributed by atoms with E-state index >= 15 is 0 Å². The minimum atomic E-state index is -3.73. The van der Waals surface area contributed by atoms with Gasteiger partial charge in [-0.15, -0.1) is 0 Å². The van der Waals surface area contributed by atoms with Crippen molar-refractivity contribution in [3.63, 3.8) is 0 Å². The van der Waals surface area contributed by atoms with Crippen molar-refractivity contribution >= 4 is 20.8 Å². The number of fused-ring (bicyclic) bond motifs is 1. The zero-order valence-corrected chi connectivity index (χ0v) is 13.7. The van der Waals surface area contributed by atoms with Gasteiger partial charge in [-0.3, -0.25) is 0 Å². The predicted molar refractivity (Wildman–Crippen MR) is 89.0 cm³/mol. The van der Waals surface area contributed by atoms with Gasteiger partial charge in [-0.2, -0.15) is 4.31 Å². The molecule has 0 aromatic heterocycles. The third-order valence-electron chi connectivity index (χ3n) is 3.82. The second-order valence-corrected chi connectivity index (χ2v) is 7.56. The molecule has 3 aromatic carbocycles. The Balaban J connectivity index is 1.91. The molecule has 24 heavy (non-hydrogen) atoms. The summed E-state index contributed by atoms with van der Waals surface area (Å²) in [5, 5.41) is 1.76. The second-order valence-electron chi connectivity index (χ2n) is 5.52. The molecule has 3 rings (SSSR count). The highest BCUT2D eigenvalue weighted by Gasteiger charge is 2.21. The van der Waals surface area contributed by atoms with Gasteiger partial charge in [0.25, 0.3) is 0 Å². The van der Waals surface area contributed by atoms with Crippen molar-refractivity contribution in [1.82, 2.24) is 4.31 Å². The molecule has 0 unspecified atom stereocenters. The molecule has 0 saturated carbocycles. The van der Waals surface area contributed by atoms with Crippen LogP contribution in [0.25, 0.3) is 10.8 Å². The fraction of sp³-hybridized carbons (Fsp3) is 0.111. The predicted octanol–water partition coefficient (Wildman–Crippen LogP) is 3.94. The topological polar surface area (TPSA) is 37.4 Å². The summed E-state index contributed by atoms with van der Waals surface area (Å²) in [5.41, 5.74) is 0.376. The van der Waals surface area contributed by atoms with Gasteiger partial charge in [-0.1, -0.05) is 36.4 Å². The van der Waals surface area contributed by atoms with Crippen molar-refractivity contribution in [2.45, 2.75) is 11.4 Å². The van der Waals surface area contributed by atoms with E-state index in [9.17, 15) is 17.2 Å². The number of rotatable bonds is 4. The summed E-state index contributed by atoms with van der Waals surface area (Å²) in [5.74, 6) is -1.96. The lowest BCUT2D eigenvalue weighted by Crippen LogP contribution is -2.26. The van der Waals surface area contributed by atoms with Crippen LogP contribution in [0.15, 0.2) is 65.6 Å². The third-order valence-corrected chi connectivity index (χ3v) is 5.62. The first kappa shape index (κ1) is 16.5. The Morgan fingerprint density at radius 2 is 1.58 bits per heavy atom. The maximum Gasteiger partial charge on any atom is 0.243 e. The smallest absolute Gasteiger partial charge is 0.207 e. The van der Waals surface area contributed by atoms with Crippen molar-refractivity contribution < 1.29 is 17.2 Å². The van der Waals surface area contributed by atoms with E-state index in [1.54, 1.807) is 18.2 Å². The van der Waals surface area contributed by atoms with Crippen LogP contribution in [0, 0.1) is 11.6 Å². The van der Waals surface area contributed by atoms with Gasteiger partial charge in [0.15, 0.2) is 11.6 Å². The van der Waals surface area contributed by atoms with E-state index in [0.29, 0.717) is 5.56 Å². The van der Waals surface area contributed by atoms with Crippen LogP contribution in [-0.4, -0.2) is 19.8 Å². The Morgan fingerprint density at radius 1 is 0.875 bits per heavy atom. The molecule has 0 N–H and O–H groups in total. The molecule has 124 valence electrons. The first-order valence-electron chi connectivity index (χ1n) is 7.27. The quantitative estimate of drug-likeness (QED) is 0.717. The van der Waals surface area contributed by atoms with E-state index in [0.717, 1.165) is 27.2 Å². The summed E-state index contributed by atoms with van der Waals surface area (Å²) in [6.45, 7) is -0.0492. The van der Waals surface area contributed by atoms with Gasteiger partial charge in [0, 0.05) is 13.6 Å². The molecule has 6 heteroatoms. The molecule has 3 nitrogen and oxygen atoms in total. The minimum absolute atomic E-state index is 0.0492. The van der Waals surface area contributed by atoms with E-state index in [4.69, 9.17) is 0 Å². The Kier molecular flexibility index (Phi) is 4.34. The number of halogens is 2. The highest BCUT2D eigenvalue weighted by Crippen LogP contribution is 2.22. The lowest BCUT2D eigenvalue weighted by Gasteiger charge is -2.18. The SMILES string of the molecule is CN(Cc1ccc(F)c(F)c1)S(=O)(=O)c1ccc2ccccc2c1. The Morgan fingerprint density at radius 3 is 2.29 bits per heavy atom. The van der Waals surface area contributed by atoms with Crippen molar-refractivity contribution in [3.8, 4) is 0 Å². The van der Waals surface area contributed by atoms with E-state index in [2.05, 4.69) is 0 Å². The number of hydrogen-bond acceptors (Lipinski definition) is 2. The molecule has 0 radical (unpaired) electrons. The van der Waals surface area contributed by atoms with Crippen LogP contribution >= 0.6 is 0 Å². The van der Waals surface area contributed by atoms with Crippen molar-refractivity contribution in [3.05, 3.63) is 77.9 Å². The normalized spacial score (nSPS) is 12.0. The van der Waals surface area contributed by atoms with Crippen molar-refractivity contribution in [2.24, 2.45) is 0 Å². The maximum absolute atomic E-state index is 13.3. The van der Waals surface area contributed by atoms with Gasteiger partial charge in [0.05, 0.1) is 4.90 Å². The molecule has 0 bridgehead atoms. The lowest BCUT2D eigenvalue weighted by atomic mass is 10.1. The zero-order chi connectivity index (χ0) is 17.3. The molecule has 0 heterocycles. The molecular formula is C18H15F2NO2S. The Bertz CT molecular complexity index is 1000. The van der Waals surface area contributed by atoms with E-state index in [1.165, 1.54) is 13.1 Å². The second kappa shape index (κ2) is 6.30. The zero-order valence-electron chi connectivity index (χ0n) is 12.9. The summed E-state index contributed by atoms with van der Waals surface area (Å²) in [6.07, 6.45) is 0. The number of benzene rings is 3. The Labute approximate surface area is 139 Å².